The highest BCUT2D eigenvalue weighted by molar-refractivity contribution is 6.09. The van der Waals surface area contributed by atoms with Crippen LogP contribution >= 0.6 is 0 Å². The van der Waals surface area contributed by atoms with Crippen LogP contribution in [0.4, 0.5) is 0 Å². The van der Waals surface area contributed by atoms with Crippen molar-refractivity contribution in [1.82, 2.24) is 4.57 Å². The molecule has 0 amide bonds. The van der Waals surface area contributed by atoms with Gasteiger partial charge in [-0.25, -0.2) is 4.79 Å². The molecule has 1 aromatic heterocycles. The van der Waals surface area contributed by atoms with Gasteiger partial charge in [-0.2, -0.15) is 0 Å². The molecule has 1 aliphatic heterocycles. The van der Waals surface area contributed by atoms with E-state index in [0.29, 0.717) is 19.8 Å². The summed E-state index contributed by atoms with van der Waals surface area (Å²) in [6.45, 7) is 4.75. The van der Waals surface area contributed by atoms with Crippen molar-refractivity contribution >= 4 is 22.6 Å². The van der Waals surface area contributed by atoms with Crippen LogP contribution in [0.2, 0.25) is 0 Å². The first-order valence-electron chi connectivity index (χ1n) is 9.63. The van der Waals surface area contributed by atoms with Crippen LogP contribution < -0.4 is 0 Å². The summed E-state index contributed by atoms with van der Waals surface area (Å²) in [6, 6.07) is 8.23. The average molecular weight is 388 g/mol. The smallest absolute Gasteiger partial charge is 0.364 e. The van der Waals surface area contributed by atoms with E-state index in [1.807, 2.05) is 26.1 Å². The zero-order chi connectivity index (χ0) is 20.1. The molecule has 1 saturated heterocycles. The number of ether oxygens (including phenoxy) is 2. The van der Waals surface area contributed by atoms with Crippen molar-refractivity contribution in [2.75, 3.05) is 19.8 Å². The molecule has 0 radical (unpaired) electrons. The van der Waals surface area contributed by atoms with Gasteiger partial charge >= 0.3 is 5.97 Å². The van der Waals surface area contributed by atoms with Crippen LogP contribution in [0, 0.1) is 5.92 Å². The van der Waals surface area contributed by atoms with Gasteiger partial charge in [0.1, 0.15) is 6.61 Å². The van der Waals surface area contributed by atoms with Crippen molar-refractivity contribution in [2.24, 2.45) is 18.1 Å². The predicted octanol–water partition coefficient (Wildman–Crippen LogP) is 3.55. The number of hydrogen-bond donors (Lipinski definition) is 1. The van der Waals surface area contributed by atoms with Crippen molar-refractivity contribution in [3.63, 3.8) is 0 Å². The Labute approximate surface area is 164 Å². The second-order valence-electron chi connectivity index (χ2n) is 7.42. The standard InChI is InChI=1S/C21H28N2O5/c1-15(18-12-23(3)19-10-5-4-9-17(18)19)22-28-11-7-6-8-16-13-26-21(2,20(24)25)27-14-16/h4-5,9-10,12,16H,6-8,11,13-14H2,1-3H3,(H,24,25). The molecule has 7 heteroatoms. The van der Waals surface area contributed by atoms with Gasteiger partial charge in [-0.3, -0.25) is 0 Å². The Bertz CT molecular complexity index is 850. The number of carboxylic acid groups (broad SMARTS) is 1. The van der Waals surface area contributed by atoms with Crippen molar-refractivity contribution in [3.8, 4) is 0 Å². The van der Waals surface area contributed by atoms with E-state index in [-0.39, 0.29) is 5.92 Å². The van der Waals surface area contributed by atoms with E-state index in [0.717, 1.165) is 30.5 Å². The molecule has 0 bridgehead atoms. The molecule has 28 heavy (non-hydrogen) atoms. The molecule has 1 aromatic carbocycles. The first-order valence-corrected chi connectivity index (χ1v) is 9.63. The monoisotopic (exact) mass is 388 g/mol. The molecular formula is C21H28N2O5. The van der Waals surface area contributed by atoms with Gasteiger partial charge in [-0.05, 0) is 32.3 Å². The Balaban J connectivity index is 1.39. The number of rotatable bonds is 8. The lowest BCUT2D eigenvalue weighted by molar-refractivity contribution is -0.271. The molecule has 152 valence electrons. The third kappa shape index (κ3) is 4.54. The lowest BCUT2D eigenvalue weighted by atomic mass is 10.0. The Hall–Kier alpha value is -2.38. The van der Waals surface area contributed by atoms with Crippen LogP contribution in [0.15, 0.2) is 35.6 Å². The molecule has 1 N–H and O–H groups in total. The van der Waals surface area contributed by atoms with E-state index in [1.165, 1.54) is 17.8 Å². The molecule has 0 atom stereocenters. The summed E-state index contributed by atoms with van der Waals surface area (Å²) < 4.78 is 12.8. The minimum absolute atomic E-state index is 0.216. The SMILES string of the molecule is CC(=NOCCCCC1COC(C)(C(=O)O)OC1)c1cn(C)c2ccccc12. The van der Waals surface area contributed by atoms with E-state index >= 15 is 0 Å². The van der Waals surface area contributed by atoms with E-state index in [4.69, 9.17) is 19.4 Å². The number of fused-ring (bicyclic) bond motifs is 1. The highest BCUT2D eigenvalue weighted by Crippen LogP contribution is 2.24. The molecule has 0 spiro atoms. The maximum Gasteiger partial charge on any atom is 0.364 e. The number of carboxylic acids is 1. The maximum absolute atomic E-state index is 11.1. The van der Waals surface area contributed by atoms with Crippen molar-refractivity contribution < 1.29 is 24.2 Å². The number of oxime groups is 1. The average Bonchev–Trinajstić information content (AvgIpc) is 3.03. The third-order valence-corrected chi connectivity index (χ3v) is 5.16. The van der Waals surface area contributed by atoms with Crippen LogP contribution in [0.1, 0.15) is 38.7 Å². The molecule has 0 unspecified atom stereocenters. The van der Waals surface area contributed by atoms with E-state index in [2.05, 4.69) is 28.1 Å². The second kappa shape index (κ2) is 8.75. The zero-order valence-corrected chi connectivity index (χ0v) is 16.7. The summed E-state index contributed by atoms with van der Waals surface area (Å²) in [4.78, 5) is 16.6. The lowest BCUT2D eigenvalue weighted by Gasteiger charge is -2.34. The minimum atomic E-state index is -1.51. The Kier molecular flexibility index (Phi) is 6.36. The number of unbranched alkanes of at least 4 members (excludes halogenated alkanes) is 1. The summed E-state index contributed by atoms with van der Waals surface area (Å²) in [5.74, 6) is -2.37. The fraction of sp³-hybridized carbons (Fsp3) is 0.524. The van der Waals surface area contributed by atoms with Gasteiger partial charge in [0, 0.05) is 42.6 Å². The number of carbonyl (C=O) groups is 1. The van der Waals surface area contributed by atoms with Gasteiger partial charge in [0.25, 0.3) is 5.79 Å². The highest BCUT2D eigenvalue weighted by atomic mass is 16.7. The Morgan fingerprint density at radius 2 is 2.04 bits per heavy atom. The van der Waals surface area contributed by atoms with Crippen LogP contribution in [0.5, 0.6) is 0 Å². The molecule has 7 nitrogen and oxygen atoms in total. The zero-order valence-electron chi connectivity index (χ0n) is 16.7. The normalized spacial score (nSPS) is 23.1. The summed E-state index contributed by atoms with van der Waals surface area (Å²) in [5.41, 5.74) is 3.11. The summed E-state index contributed by atoms with van der Waals surface area (Å²) in [6.07, 6.45) is 4.80. The maximum atomic E-state index is 11.1. The van der Waals surface area contributed by atoms with Gasteiger partial charge in [0.15, 0.2) is 0 Å². The number of benzene rings is 1. The Morgan fingerprint density at radius 3 is 2.75 bits per heavy atom. The molecule has 3 rings (SSSR count). The highest BCUT2D eigenvalue weighted by Gasteiger charge is 2.40. The number of aromatic nitrogens is 1. The molecular weight excluding hydrogens is 360 g/mol. The van der Waals surface area contributed by atoms with Gasteiger partial charge in [0.05, 0.1) is 18.9 Å². The number of para-hydroxylation sites is 1. The van der Waals surface area contributed by atoms with Crippen LogP contribution in [-0.4, -0.2) is 47.0 Å². The minimum Gasteiger partial charge on any atom is -0.477 e. The summed E-state index contributed by atoms with van der Waals surface area (Å²) in [7, 11) is 2.03. The van der Waals surface area contributed by atoms with Crippen molar-refractivity contribution in [2.45, 2.75) is 38.9 Å². The first-order chi connectivity index (χ1) is 13.4. The topological polar surface area (TPSA) is 82.3 Å². The molecule has 1 fully saturated rings. The van der Waals surface area contributed by atoms with Crippen LogP contribution in [0.3, 0.4) is 0 Å². The number of aliphatic carboxylic acids is 1. The molecule has 2 heterocycles. The van der Waals surface area contributed by atoms with Gasteiger partial charge in [-0.1, -0.05) is 23.4 Å². The lowest BCUT2D eigenvalue weighted by Crippen LogP contribution is -2.47. The Morgan fingerprint density at radius 1 is 1.32 bits per heavy atom. The predicted molar refractivity (Wildman–Crippen MR) is 106 cm³/mol. The second-order valence-corrected chi connectivity index (χ2v) is 7.42. The quantitative estimate of drug-likeness (QED) is 0.425. The van der Waals surface area contributed by atoms with E-state index in [9.17, 15) is 4.79 Å². The summed E-state index contributed by atoms with van der Waals surface area (Å²) in [5, 5.41) is 14.5. The van der Waals surface area contributed by atoms with E-state index in [1.54, 1.807) is 0 Å². The number of hydrogen-bond acceptors (Lipinski definition) is 5. The number of nitrogens with zero attached hydrogens (tertiary/aromatic N) is 2. The molecule has 1 aliphatic rings. The molecule has 0 saturated carbocycles. The summed E-state index contributed by atoms with van der Waals surface area (Å²) >= 11 is 0. The van der Waals surface area contributed by atoms with Crippen molar-refractivity contribution in [3.05, 3.63) is 36.0 Å². The van der Waals surface area contributed by atoms with Crippen LogP contribution in [-0.2, 0) is 26.2 Å². The van der Waals surface area contributed by atoms with Gasteiger partial charge < -0.3 is 24.0 Å². The molecule has 2 aromatic rings. The van der Waals surface area contributed by atoms with Gasteiger partial charge in [0.2, 0.25) is 0 Å². The van der Waals surface area contributed by atoms with E-state index < -0.39 is 11.8 Å². The fourth-order valence-corrected chi connectivity index (χ4v) is 3.35. The largest absolute Gasteiger partial charge is 0.477 e. The molecule has 0 aliphatic carbocycles. The number of aryl methyl sites for hydroxylation is 1. The van der Waals surface area contributed by atoms with Crippen LogP contribution in [0.25, 0.3) is 10.9 Å². The van der Waals surface area contributed by atoms with Crippen molar-refractivity contribution in [1.29, 1.82) is 0 Å². The third-order valence-electron chi connectivity index (χ3n) is 5.16. The first kappa shape index (κ1) is 20.4. The van der Waals surface area contributed by atoms with Gasteiger partial charge in [-0.15, -0.1) is 0 Å². The fourth-order valence-electron chi connectivity index (χ4n) is 3.35.